The fourth-order valence-corrected chi connectivity index (χ4v) is 5.34. The average molecular weight is 663 g/mol. The molecule has 0 bridgehead atoms. The number of rotatable bonds is 15. The molecule has 0 atom stereocenters. The maximum absolute atomic E-state index is 12.6. The highest BCUT2D eigenvalue weighted by molar-refractivity contribution is 5.92. The van der Waals surface area contributed by atoms with Crippen molar-refractivity contribution in [2.75, 3.05) is 13.2 Å². The Hall–Kier alpha value is -6.14. The molecule has 0 saturated heterocycles. The Labute approximate surface area is 292 Å². The van der Waals surface area contributed by atoms with Gasteiger partial charge in [-0.15, -0.1) is 0 Å². The molecular formula is C44H38O6. The molecule has 6 aromatic carbocycles. The average Bonchev–Trinajstić information content (AvgIpc) is 3.18. The highest BCUT2D eigenvalue weighted by atomic mass is 16.5. The summed E-state index contributed by atoms with van der Waals surface area (Å²) in [5.41, 5.74) is 5.27. The molecule has 6 nitrogen and oxygen atoms in total. The number of esters is 2. The van der Waals surface area contributed by atoms with Crippen LogP contribution in [0.15, 0.2) is 158 Å². The zero-order chi connectivity index (χ0) is 34.4. The van der Waals surface area contributed by atoms with Crippen LogP contribution in [0.25, 0.3) is 22.3 Å². The Morgan fingerprint density at radius 2 is 0.660 bits per heavy atom. The summed E-state index contributed by atoms with van der Waals surface area (Å²) in [6, 6.07) is 49.0. The third kappa shape index (κ3) is 9.70. The van der Waals surface area contributed by atoms with Crippen LogP contribution in [0.3, 0.4) is 0 Å². The largest absolute Gasteiger partial charge is 0.494 e. The third-order valence-corrected chi connectivity index (χ3v) is 8.10. The zero-order valence-electron chi connectivity index (χ0n) is 27.7. The highest BCUT2D eigenvalue weighted by Gasteiger charge is 2.11. The normalized spacial score (nSPS) is 10.6. The maximum atomic E-state index is 12.6. The van der Waals surface area contributed by atoms with E-state index in [0.29, 0.717) is 35.8 Å². The number of benzene rings is 6. The number of carbonyl (C=O) groups excluding carboxylic acids is 2. The van der Waals surface area contributed by atoms with Crippen LogP contribution in [0.1, 0.15) is 46.4 Å². The first-order valence-corrected chi connectivity index (χ1v) is 16.8. The first-order chi connectivity index (χ1) is 24.6. The zero-order valence-corrected chi connectivity index (χ0v) is 27.7. The van der Waals surface area contributed by atoms with Crippen molar-refractivity contribution in [1.29, 1.82) is 0 Å². The molecule has 0 unspecified atom stereocenters. The van der Waals surface area contributed by atoms with E-state index in [1.165, 1.54) is 0 Å². The van der Waals surface area contributed by atoms with Crippen LogP contribution >= 0.6 is 0 Å². The molecule has 6 rings (SSSR count). The fourth-order valence-electron chi connectivity index (χ4n) is 5.34. The first kappa shape index (κ1) is 33.7. The SMILES string of the molecule is O=C(Oc1ccc(OCCCCCCOc2ccc(OC(=O)c3ccc(-c4ccccc4)cc3)cc2)cc1)c1ccc(-c2ccccc2)cc1. The molecule has 6 heteroatoms. The number of carbonyl (C=O) groups is 2. The van der Waals surface area contributed by atoms with E-state index in [4.69, 9.17) is 18.9 Å². The second kappa shape index (κ2) is 17.3. The van der Waals surface area contributed by atoms with Crippen molar-refractivity contribution in [3.63, 3.8) is 0 Å². The van der Waals surface area contributed by atoms with E-state index < -0.39 is 11.9 Å². The molecule has 0 heterocycles. The number of ether oxygens (including phenoxy) is 4. The van der Waals surface area contributed by atoms with Gasteiger partial charge in [-0.2, -0.15) is 0 Å². The van der Waals surface area contributed by atoms with Crippen molar-refractivity contribution >= 4 is 11.9 Å². The van der Waals surface area contributed by atoms with Gasteiger partial charge in [0.25, 0.3) is 0 Å². The summed E-state index contributed by atoms with van der Waals surface area (Å²) in [6.45, 7) is 1.20. The van der Waals surface area contributed by atoms with Crippen LogP contribution in [-0.2, 0) is 0 Å². The van der Waals surface area contributed by atoms with Gasteiger partial charge in [0, 0.05) is 0 Å². The maximum Gasteiger partial charge on any atom is 0.343 e. The molecule has 0 aromatic heterocycles. The third-order valence-electron chi connectivity index (χ3n) is 8.10. The molecule has 0 aliphatic carbocycles. The second-order valence-electron chi connectivity index (χ2n) is 11.7. The van der Waals surface area contributed by atoms with E-state index in [9.17, 15) is 9.59 Å². The molecule has 50 heavy (non-hydrogen) atoms. The van der Waals surface area contributed by atoms with Crippen LogP contribution in [0.4, 0.5) is 0 Å². The lowest BCUT2D eigenvalue weighted by Gasteiger charge is -2.09. The highest BCUT2D eigenvalue weighted by Crippen LogP contribution is 2.24. The predicted octanol–water partition coefficient (Wildman–Crippen LogP) is 10.5. The smallest absolute Gasteiger partial charge is 0.343 e. The molecule has 0 amide bonds. The summed E-state index contributed by atoms with van der Waals surface area (Å²) in [6.07, 6.45) is 3.88. The van der Waals surface area contributed by atoms with Gasteiger partial charge in [-0.1, -0.05) is 84.9 Å². The standard InChI is InChI=1S/C44H38O6/c45-43(37-19-15-35(16-20-37)33-11-5-3-6-12-33)49-41-27-23-39(24-28-41)47-31-9-1-2-10-32-48-40-25-29-42(30-26-40)50-44(46)38-21-17-36(18-22-38)34-13-7-4-8-14-34/h3-8,11-30H,1-2,9-10,31-32H2. The van der Waals surface area contributed by atoms with Gasteiger partial charge in [-0.3, -0.25) is 0 Å². The van der Waals surface area contributed by atoms with Gasteiger partial charge in [-0.25, -0.2) is 9.59 Å². The van der Waals surface area contributed by atoms with Gasteiger partial charge in [0.2, 0.25) is 0 Å². The van der Waals surface area contributed by atoms with Crippen molar-refractivity contribution in [2.24, 2.45) is 0 Å². The van der Waals surface area contributed by atoms with Crippen molar-refractivity contribution in [2.45, 2.75) is 25.7 Å². The minimum atomic E-state index is -0.401. The van der Waals surface area contributed by atoms with E-state index in [0.717, 1.165) is 59.4 Å². The van der Waals surface area contributed by atoms with E-state index in [2.05, 4.69) is 0 Å². The van der Waals surface area contributed by atoms with Crippen molar-refractivity contribution in [3.05, 3.63) is 169 Å². The second-order valence-corrected chi connectivity index (χ2v) is 11.7. The van der Waals surface area contributed by atoms with E-state index in [1.807, 2.05) is 109 Å². The molecule has 0 radical (unpaired) electrons. The molecule has 0 fully saturated rings. The molecular weight excluding hydrogens is 624 g/mol. The monoisotopic (exact) mass is 662 g/mol. The number of hydrogen-bond acceptors (Lipinski definition) is 6. The van der Waals surface area contributed by atoms with Crippen LogP contribution < -0.4 is 18.9 Å². The molecule has 0 aliphatic rings. The summed E-state index contributed by atoms with van der Waals surface area (Å²) in [4.78, 5) is 25.2. The Morgan fingerprint density at radius 3 is 1.02 bits per heavy atom. The molecule has 250 valence electrons. The first-order valence-electron chi connectivity index (χ1n) is 16.8. The summed E-state index contributed by atoms with van der Waals surface area (Å²) in [7, 11) is 0. The lowest BCUT2D eigenvalue weighted by Crippen LogP contribution is -2.08. The van der Waals surface area contributed by atoms with Gasteiger partial charge < -0.3 is 18.9 Å². The Balaban J connectivity index is 0.828. The van der Waals surface area contributed by atoms with E-state index in [1.54, 1.807) is 48.5 Å². The van der Waals surface area contributed by atoms with Gasteiger partial charge in [0.15, 0.2) is 0 Å². The fraction of sp³-hybridized carbons (Fsp3) is 0.136. The van der Waals surface area contributed by atoms with Gasteiger partial charge in [-0.05, 0) is 121 Å². The predicted molar refractivity (Wildman–Crippen MR) is 196 cm³/mol. The number of unbranched alkanes of at least 4 members (excludes halogenated alkanes) is 3. The molecule has 6 aromatic rings. The lowest BCUT2D eigenvalue weighted by molar-refractivity contribution is 0.0725. The molecule has 0 N–H and O–H groups in total. The van der Waals surface area contributed by atoms with Crippen molar-refractivity contribution in [1.82, 2.24) is 0 Å². The molecule has 0 spiro atoms. The lowest BCUT2D eigenvalue weighted by atomic mass is 10.0. The molecule has 0 saturated carbocycles. The van der Waals surface area contributed by atoms with Gasteiger partial charge in [0.1, 0.15) is 23.0 Å². The van der Waals surface area contributed by atoms with Gasteiger partial charge in [0.05, 0.1) is 24.3 Å². The van der Waals surface area contributed by atoms with E-state index >= 15 is 0 Å². The summed E-state index contributed by atoms with van der Waals surface area (Å²) in [5, 5.41) is 0. The summed E-state index contributed by atoms with van der Waals surface area (Å²) >= 11 is 0. The molecule has 0 aliphatic heterocycles. The minimum absolute atomic E-state index is 0.401. The van der Waals surface area contributed by atoms with Gasteiger partial charge >= 0.3 is 11.9 Å². The topological polar surface area (TPSA) is 71.1 Å². The van der Waals surface area contributed by atoms with Crippen LogP contribution in [0.2, 0.25) is 0 Å². The quantitative estimate of drug-likeness (QED) is 0.0619. The number of hydrogen-bond donors (Lipinski definition) is 0. The van der Waals surface area contributed by atoms with Crippen LogP contribution in [0.5, 0.6) is 23.0 Å². The van der Waals surface area contributed by atoms with Crippen molar-refractivity contribution < 1.29 is 28.5 Å². The van der Waals surface area contributed by atoms with E-state index in [-0.39, 0.29) is 0 Å². The van der Waals surface area contributed by atoms with Crippen molar-refractivity contribution in [3.8, 4) is 45.3 Å². The summed E-state index contributed by atoms with van der Waals surface area (Å²) < 4.78 is 22.8. The van der Waals surface area contributed by atoms with Crippen LogP contribution in [0, 0.1) is 0 Å². The Bertz CT molecular complexity index is 1790. The Morgan fingerprint density at radius 1 is 0.340 bits per heavy atom. The summed E-state index contributed by atoms with van der Waals surface area (Å²) in [5.74, 6) is 1.60. The van der Waals surface area contributed by atoms with Crippen LogP contribution in [-0.4, -0.2) is 25.2 Å². The Kier molecular flexibility index (Phi) is 11.7. The minimum Gasteiger partial charge on any atom is -0.494 e.